The molecular weight excluding hydrogens is 298 g/mol. The highest BCUT2D eigenvalue weighted by Crippen LogP contribution is 2.24. The molecule has 1 atom stereocenters. The van der Waals surface area contributed by atoms with Gasteiger partial charge in [-0.1, -0.05) is 23.7 Å². The van der Waals surface area contributed by atoms with Gasteiger partial charge in [-0.15, -0.1) is 0 Å². The molecule has 22 heavy (non-hydrogen) atoms. The number of amides is 2. The minimum absolute atomic E-state index is 0.0126. The van der Waals surface area contributed by atoms with Crippen LogP contribution in [0, 0.1) is 6.92 Å². The molecule has 1 aliphatic heterocycles. The zero-order valence-electron chi connectivity index (χ0n) is 13.9. The van der Waals surface area contributed by atoms with Crippen molar-refractivity contribution >= 4 is 17.6 Å². The van der Waals surface area contributed by atoms with Crippen LogP contribution >= 0.6 is 11.6 Å². The monoisotopic (exact) mass is 323 g/mol. The Morgan fingerprint density at radius 3 is 2.68 bits per heavy atom. The van der Waals surface area contributed by atoms with E-state index in [1.807, 2.05) is 44.0 Å². The van der Waals surface area contributed by atoms with E-state index in [0.717, 1.165) is 42.1 Å². The molecule has 0 saturated carbocycles. The number of urea groups is 1. The molecule has 1 aliphatic rings. The summed E-state index contributed by atoms with van der Waals surface area (Å²) < 4.78 is 0. The number of benzene rings is 1. The number of likely N-dealkylation sites (tertiary alicyclic amines) is 1. The number of carbonyl (C=O) groups is 1. The summed E-state index contributed by atoms with van der Waals surface area (Å²) in [7, 11) is 4.02. The molecule has 1 unspecified atom stereocenters. The first-order chi connectivity index (χ1) is 10.4. The maximum atomic E-state index is 12.5. The molecule has 1 N–H and O–H groups in total. The van der Waals surface area contributed by atoms with Gasteiger partial charge in [0.2, 0.25) is 0 Å². The number of nitrogens with one attached hydrogen (secondary N) is 1. The van der Waals surface area contributed by atoms with E-state index in [1.165, 1.54) is 0 Å². The molecule has 2 amide bonds. The van der Waals surface area contributed by atoms with Gasteiger partial charge in [0.15, 0.2) is 0 Å². The van der Waals surface area contributed by atoms with Gasteiger partial charge in [-0.05, 0) is 64.0 Å². The van der Waals surface area contributed by atoms with Gasteiger partial charge in [0.25, 0.3) is 0 Å². The fourth-order valence-electron chi connectivity index (χ4n) is 3.01. The molecule has 0 spiro atoms. The molecule has 1 aromatic carbocycles. The van der Waals surface area contributed by atoms with Crippen molar-refractivity contribution in [1.29, 1.82) is 0 Å². The van der Waals surface area contributed by atoms with Crippen LogP contribution in [0.1, 0.15) is 36.9 Å². The SMILES string of the molecule is Cc1c(Cl)cccc1C(C)NC(=O)N(C)C1CCN(C)CC1. The Bertz CT molecular complexity index is 527. The van der Waals surface area contributed by atoms with E-state index in [4.69, 9.17) is 11.6 Å². The van der Waals surface area contributed by atoms with Gasteiger partial charge in [-0.3, -0.25) is 0 Å². The number of nitrogens with zero attached hydrogens (tertiary/aromatic N) is 2. The summed E-state index contributed by atoms with van der Waals surface area (Å²) in [4.78, 5) is 16.6. The van der Waals surface area contributed by atoms with Gasteiger partial charge in [0.1, 0.15) is 0 Å². The quantitative estimate of drug-likeness (QED) is 0.924. The lowest BCUT2D eigenvalue weighted by atomic mass is 10.0. The van der Waals surface area contributed by atoms with Crippen LogP contribution in [0.2, 0.25) is 5.02 Å². The molecule has 0 radical (unpaired) electrons. The first kappa shape index (κ1) is 17.1. The minimum atomic E-state index is -0.0556. The second-order valence-corrected chi connectivity index (χ2v) is 6.68. The number of piperidine rings is 1. The Morgan fingerprint density at radius 2 is 2.05 bits per heavy atom. The highest BCUT2D eigenvalue weighted by molar-refractivity contribution is 6.31. The van der Waals surface area contributed by atoms with Crippen LogP contribution < -0.4 is 5.32 Å². The number of hydrogen-bond donors (Lipinski definition) is 1. The summed E-state index contributed by atoms with van der Waals surface area (Å²) in [5.41, 5.74) is 2.09. The van der Waals surface area contributed by atoms with E-state index in [0.29, 0.717) is 6.04 Å². The van der Waals surface area contributed by atoms with Crippen molar-refractivity contribution in [2.45, 2.75) is 38.8 Å². The standard InChI is InChI=1S/C17H26ClN3O/c1-12-15(6-5-7-16(12)18)13(2)19-17(22)21(4)14-8-10-20(3)11-9-14/h5-7,13-14H,8-11H2,1-4H3,(H,19,22). The molecule has 0 aromatic heterocycles. The maximum absolute atomic E-state index is 12.5. The van der Waals surface area contributed by atoms with E-state index in [9.17, 15) is 4.79 Å². The van der Waals surface area contributed by atoms with Crippen molar-refractivity contribution < 1.29 is 4.79 Å². The predicted molar refractivity (Wildman–Crippen MR) is 91.4 cm³/mol. The normalized spacial score (nSPS) is 18.0. The van der Waals surface area contributed by atoms with Gasteiger partial charge in [-0.25, -0.2) is 4.79 Å². The molecule has 4 nitrogen and oxygen atoms in total. The van der Waals surface area contributed by atoms with Crippen LogP contribution in [0.3, 0.4) is 0 Å². The highest BCUT2D eigenvalue weighted by Gasteiger charge is 2.25. The van der Waals surface area contributed by atoms with Gasteiger partial charge in [0.05, 0.1) is 6.04 Å². The average molecular weight is 324 g/mol. The molecule has 1 fully saturated rings. The summed E-state index contributed by atoms with van der Waals surface area (Å²) in [6, 6.07) is 6.07. The Hall–Kier alpha value is -1.26. The fourth-order valence-corrected chi connectivity index (χ4v) is 3.19. The summed E-state index contributed by atoms with van der Waals surface area (Å²) >= 11 is 6.16. The van der Waals surface area contributed by atoms with E-state index in [-0.39, 0.29) is 12.1 Å². The molecule has 1 heterocycles. The van der Waals surface area contributed by atoms with Crippen LogP contribution in [-0.4, -0.2) is 49.1 Å². The van der Waals surface area contributed by atoms with Crippen molar-refractivity contribution in [3.63, 3.8) is 0 Å². The van der Waals surface area contributed by atoms with Crippen LogP contribution in [0.5, 0.6) is 0 Å². The third-order valence-corrected chi connectivity index (χ3v) is 5.08. The maximum Gasteiger partial charge on any atom is 0.317 e. The van der Waals surface area contributed by atoms with E-state index < -0.39 is 0 Å². The Labute approximate surface area is 138 Å². The first-order valence-electron chi connectivity index (χ1n) is 7.87. The topological polar surface area (TPSA) is 35.6 Å². The molecular formula is C17H26ClN3O. The summed E-state index contributed by atoms with van der Waals surface area (Å²) in [6.07, 6.45) is 2.07. The van der Waals surface area contributed by atoms with Crippen molar-refractivity contribution in [3.05, 3.63) is 34.3 Å². The second kappa shape index (κ2) is 7.34. The van der Waals surface area contributed by atoms with E-state index in [2.05, 4.69) is 17.3 Å². The lowest BCUT2D eigenvalue weighted by molar-refractivity contribution is 0.146. The predicted octanol–water partition coefficient (Wildman–Crippen LogP) is 3.45. The largest absolute Gasteiger partial charge is 0.331 e. The van der Waals surface area contributed by atoms with Crippen molar-refractivity contribution in [2.75, 3.05) is 27.2 Å². The Balaban J connectivity index is 1.97. The molecule has 0 aliphatic carbocycles. The molecule has 5 heteroatoms. The molecule has 1 saturated heterocycles. The lowest BCUT2D eigenvalue weighted by Crippen LogP contribution is -2.48. The van der Waals surface area contributed by atoms with Crippen LogP contribution in [0.4, 0.5) is 4.79 Å². The van der Waals surface area contributed by atoms with Gasteiger partial charge in [0, 0.05) is 18.1 Å². The van der Waals surface area contributed by atoms with Crippen molar-refractivity contribution in [3.8, 4) is 0 Å². The second-order valence-electron chi connectivity index (χ2n) is 6.27. The zero-order valence-corrected chi connectivity index (χ0v) is 14.7. The zero-order chi connectivity index (χ0) is 16.3. The lowest BCUT2D eigenvalue weighted by Gasteiger charge is -2.35. The van der Waals surface area contributed by atoms with Crippen LogP contribution in [-0.2, 0) is 0 Å². The third kappa shape index (κ3) is 3.93. The number of rotatable bonds is 3. The minimum Gasteiger partial charge on any atom is -0.331 e. The fraction of sp³-hybridized carbons (Fsp3) is 0.588. The van der Waals surface area contributed by atoms with Crippen LogP contribution in [0.25, 0.3) is 0 Å². The molecule has 122 valence electrons. The van der Waals surface area contributed by atoms with Crippen molar-refractivity contribution in [1.82, 2.24) is 15.1 Å². The van der Waals surface area contributed by atoms with Crippen molar-refractivity contribution in [2.24, 2.45) is 0 Å². The van der Waals surface area contributed by atoms with Gasteiger partial charge in [-0.2, -0.15) is 0 Å². The third-order valence-electron chi connectivity index (χ3n) is 4.67. The van der Waals surface area contributed by atoms with Gasteiger partial charge >= 0.3 is 6.03 Å². The Morgan fingerprint density at radius 1 is 1.41 bits per heavy atom. The number of halogens is 1. The summed E-state index contributed by atoms with van der Waals surface area (Å²) in [5, 5.41) is 3.83. The van der Waals surface area contributed by atoms with E-state index in [1.54, 1.807) is 0 Å². The molecule has 0 bridgehead atoms. The molecule has 1 aromatic rings. The van der Waals surface area contributed by atoms with Crippen LogP contribution in [0.15, 0.2) is 18.2 Å². The molecule has 2 rings (SSSR count). The smallest absolute Gasteiger partial charge is 0.317 e. The summed E-state index contributed by atoms with van der Waals surface area (Å²) in [6.45, 7) is 6.08. The average Bonchev–Trinajstić information content (AvgIpc) is 2.50. The summed E-state index contributed by atoms with van der Waals surface area (Å²) in [5.74, 6) is 0. The number of carbonyl (C=O) groups excluding carboxylic acids is 1. The van der Waals surface area contributed by atoms with Gasteiger partial charge < -0.3 is 15.1 Å². The Kier molecular flexibility index (Phi) is 5.70. The first-order valence-corrected chi connectivity index (χ1v) is 8.24. The van der Waals surface area contributed by atoms with E-state index >= 15 is 0 Å². The number of hydrogen-bond acceptors (Lipinski definition) is 2. The highest BCUT2D eigenvalue weighted by atomic mass is 35.5.